The van der Waals surface area contributed by atoms with Crippen molar-refractivity contribution < 1.29 is 0 Å². The summed E-state index contributed by atoms with van der Waals surface area (Å²) in [5, 5.41) is 3.77. The Kier molecular flexibility index (Phi) is 5.50. The van der Waals surface area contributed by atoms with E-state index in [9.17, 15) is 0 Å². The second kappa shape index (κ2) is 6.91. The average Bonchev–Trinajstić information content (AvgIpc) is 2.89. The monoisotopic (exact) mass is 252 g/mol. The van der Waals surface area contributed by atoms with Crippen LogP contribution in [0.15, 0.2) is 0 Å². The van der Waals surface area contributed by atoms with E-state index in [2.05, 4.69) is 31.0 Å². The zero-order valence-electron chi connectivity index (χ0n) is 12.6. The van der Waals surface area contributed by atoms with Gasteiger partial charge in [0.2, 0.25) is 0 Å². The van der Waals surface area contributed by atoms with Gasteiger partial charge in [-0.1, -0.05) is 33.6 Å². The smallest absolute Gasteiger partial charge is 0.0198 e. The van der Waals surface area contributed by atoms with E-state index in [0.29, 0.717) is 0 Å². The minimum absolute atomic E-state index is 0.742. The van der Waals surface area contributed by atoms with Gasteiger partial charge in [0.05, 0.1) is 0 Å². The van der Waals surface area contributed by atoms with E-state index in [1.54, 1.807) is 0 Å². The fraction of sp³-hybridized carbons (Fsp3) is 1.00. The fourth-order valence-electron chi connectivity index (χ4n) is 3.72. The average molecular weight is 252 g/mol. The SMILES string of the molecule is CCCNC1CC(C(C)C)CN(C2CCCC2)C1. The number of likely N-dealkylation sites (tertiary alicyclic amines) is 1. The molecule has 2 nitrogen and oxygen atoms in total. The molecule has 0 aromatic rings. The van der Waals surface area contributed by atoms with E-state index in [0.717, 1.165) is 23.9 Å². The third kappa shape index (κ3) is 3.71. The Morgan fingerprint density at radius 3 is 2.50 bits per heavy atom. The fourth-order valence-corrected chi connectivity index (χ4v) is 3.72. The molecule has 1 saturated carbocycles. The second-order valence-corrected chi connectivity index (χ2v) is 6.78. The number of nitrogens with zero attached hydrogens (tertiary/aromatic N) is 1. The predicted molar refractivity (Wildman–Crippen MR) is 78.9 cm³/mol. The van der Waals surface area contributed by atoms with Crippen LogP contribution in [0.3, 0.4) is 0 Å². The third-order valence-corrected chi connectivity index (χ3v) is 4.98. The van der Waals surface area contributed by atoms with Crippen molar-refractivity contribution in [3.8, 4) is 0 Å². The maximum Gasteiger partial charge on any atom is 0.0198 e. The summed E-state index contributed by atoms with van der Waals surface area (Å²) in [5.74, 6) is 1.73. The summed E-state index contributed by atoms with van der Waals surface area (Å²) < 4.78 is 0. The van der Waals surface area contributed by atoms with E-state index < -0.39 is 0 Å². The first kappa shape index (κ1) is 14.3. The molecule has 1 saturated heterocycles. The first-order chi connectivity index (χ1) is 8.70. The van der Waals surface area contributed by atoms with Crippen LogP contribution in [-0.2, 0) is 0 Å². The molecule has 0 spiro atoms. The Hall–Kier alpha value is -0.0800. The van der Waals surface area contributed by atoms with Crippen LogP contribution in [0.2, 0.25) is 0 Å². The molecule has 0 aromatic carbocycles. The van der Waals surface area contributed by atoms with Crippen LogP contribution < -0.4 is 5.32 Å². The topological polar surface area (TPSA) is 15.3 Å². The summed E-state index contributed by atoms with van der Waals surface area (Å²) in [6, 6.07) is 1.64. The van der Waals surface area contributed by atoms with E-state index in [-0.39, 0.29) is 0 Å². The number of nitrogens with one attached hydrogen (secondary N) is 1. The standard InChI is InChI=1S/C16H32N2/c1-4-9-17-15-10-14(13(2)3)11-18(12-15)16-7-5-6-8-16/h13-17H,4-12H2,1-3H3. The number of piperidine rings is 1. The molecular formula is C16H32N2. The lowest BCUT2D eigenvalue weighted by Crippen LogP contribution is -2.53. The van der Waals surface area contributed by atoms with E-state index in [1.807, 2.05) is 0 Å². The molecule has 0 aromatic heterocycles. The summed E-state index contributed by atoms with van der Waals surface area (Å²) in [6.07, 6.45) is 8.46. The molecule has 1 N–H and O–H groups in total. The molecule has 2 heteroatoms. The molecule has 0 bridgehead atoms. The van der Waals surface area contributed by atoms with Crippen molar-refractivity contribution in [1.29, 1.82) is 0 Å². The molecule has 2 rings (SSSR count). The van der Waals surface area contributed by atoms with Gasteiger partial charge < -0.3 is 5.32 Å². The van der Waals surface area contributed by atoms with Gasteiger partial charge >= 0.3 is 0 Å². The summed E-state index contributed by atoms with van der Waals surface area (Å²) in [6.45, 7) is 10.9. The molecule has 0 radical (unpaired) electrons. The Morgan fingerprint density at radius 2 is 1.89 bits per heavy atom. The van der Waals surface area contributed by atoms with Crippen LogP contribution in [0.5, 0.6) is 0 Å². The molecule has 2 fully saturated rings. The van der Waals surface area contributed by atoms with Crippen LogP contribution in [0.4, 0.5) is 0 Å². The van der Waals surface area contributed by atoms with Gasteiger partial charge in [0.15, 0.2) is 0 Å². The van der Waals surface area contributed by atoms with Crippen LogP contribution in [0.25, 0.3) is 0 Å². The normalized spacial score (nSPS) is 31.3. The zero-order chi connectivity index (χ0) is 13.0. The number of hydrogen-bond donors (Lipinski definition) is 1. The Balaban J connectivity index is 1.92. The first-order valence-corrected chi connectivity index (χ1v) is 8.18. The van der Waals surface area contributed by atoms with E-state index in [4.69, 9.17) is 0 Å². The van der Waals surface area contributed by atoms with Gasteiger partial charge in [0.1, 0.15) is 0 Å². The van der Waals surface area contributed by atoms with Crippen LogP contribution >= 0.6 is 0 Å². The molecular weight excluding hydrogens is 220 g/mol. The molecule has 18 heavy (non-hydrogen) atoms. The van der Waals surface area contributed by atoms with Crippen molar-refractivity contribution in [3.63, 3.8) is 0 Å². The van der Waals surface area contributed by atoms with Gasteiger partial charge in [-0.25, -0.2) is 0 Å². The zero-order valence-corrected chi connectivity index (χ0v) is 12.6. The Morgan fingerprint density at radius 1 is 1.17 bits per heavy atom. The van der Waals surface area contributed by atoms with Crippen molar-refractivity contribution >= 4 is 0 Å². The highest BCUT2D eigenvalue weighted by Crippen LogP contribution is 2.30. The maximum atomic E-state index is 3.77. The molecule has 1 aliphatic heterocycles. The molecule has 2 aliphatic rings. The summed E-state index contributed by atoms with van der Waals surface area (Å²) >= 11 is 0. The first-order valence-electron chi connectivity index (χ1n) is 8.18. The van der Waals surface area contributed by atoms with Crippen molar-refractivity contribution in [1.82, 2.24) is 10.2 Å². The lowest BCUT2D eigenvalue weighted by Gasteiger charge is -2.42. The second-order valence-electron chi connectivity index (χ2n) is 6.78. The third-order valence-electron chi connectivity index (χ3n) is 4.98. The quantitative estimate of drug-likeness (QED) is 0.808. The molecule has 106 valence electrons. The highest BCUT2D eigenvalue weighted by molar-refractivity contribution is 4.89. The lowest BCUT2D eigenvalue weighted by molar-refractivity contribution is 0.0801. The Bertz CT molecular complexity index is 233. The van der Waals surface area contributed by atoms with E-state index >= 15 is 0 Å². The molecule has 2 atom stereocenters. The van der Waals surface area contributed by atoms with Gasteiger partial charge in [-0.15, -0.1) is 0 Å². The molecule has 0 amide bonds. The lowest BCUT2D eigenvalue weighted by atomic mass is 9.84. The van der Waals surface area contributed by atoms with Crippen LogP contribution in [-0.4, -0.2) is 36.6 Å². The van der Waals surface area contributed by atoms with Gasteiger partial charge in [0.25, 0.3) is 0 Å². The van der Waals surface area contributed by atoms with Crippen molar-refractivity contribution in [2.24, 2.45) is 11.8 Å². The van der Waals surface area contributed by atoms with Gasteiger partial charge in [-0.2, -0.15) is 0 Å². The van der Waals surface area contributed by atoms with Crippen molar-refractivity contribution in [2.45, 2.75) is 71.4 Å². The summed E-state index contributed by atoms with van der Waals surface area (Å²) in [4.78, 5) is 2.81. The molecule has 2 unspecified atom stereocenters. The maximum absolute atomic E-state index is 3.77. The van der Waals surface area contributed by atoms with Gasteiger partial charge in [-0.3, -0.25) is 4.90 Å². The summed E-state index contributed by atoms with van der Waals surface area (Å²) in [7, 11) is 0. The van der Waals surface area contributed by atoms with E-state index in [1.165, 1.54) is 58.2 Å². The molecule has 1 heterocycles. The number of rotatable bonds is 5. The van der Waals surface area contributed by atoms with Crippen LogP contribution in [0.1, 0.15) is 59.3 Å². The largest absolute Gasteiger partial charge is 0.313 e. The minimum atomic E-state index is 0.742. The summed E-state index contributed by atoms with van der Waals surface area (Å²) in [5.41, 5.74) is 0. The molecule has 1 aliphatic carbocycles. The van der Waals surface area contributed by atoms with Gasteiger partial charge in [0, 0.05) is 25.2 Å². The van der Waals surface area contributed by atoms with Crippen molar-refractivity contribution in [2.75, 3.05) is 19.6 Å². The number of hydrogen-bond acceptors (Lipinski definition) is 2. The highest BCUT2D eigenvalue weighted by Gasteiger charge is 2.33. The van der Waals surface area contributed by atoms with Gasteiger partial charge in [-0.05, 0) is 44.1 Å². The minimum Gasteiger partial charge on any atom is -0.313 e. The highest BCUT2D eigenvalue weighted by atomic mass is 15.2. The predicted octanol–water partition coefficient (Wildman–Crippen LogP) is 3.28. The van der Waals surface area contributed by atoms with Crippen molar-refractivity contribution in [3.05, 3.63) is 0 Å². The Labute approximate surface area is 114 Å². The van der Waals surface area contributed by atoms with Crippen LogP contribution in [0, 0.1) is 11.8 Å².